The maximum Gasteiger partial charge on any atom is 0.243 e. The topological polar surface area (TPSA) is 99.8 Å². The van der Waals surface area contributed by atoms with Gasteiger partial charge in [-0.2, -0.15) is 0 Å². The Bertz CT molecular complexity index is 994. The molecule has 8 heteroatoms. The molecule has 0 aliphatic carbocycles. The van der Waals surface area contributed by atoms with Gasteiger partial charge in [0.15, 0.2) is 5.82 Å². The van der Waals surface area contributed by atoms with E-state index in [-0.39, 0.29) is 24.1 Å². The van der Waals surface area contributed by atoms with E-state index in [1.54, 1.807) is 0 Å². The Labute approximate surface area is 173 Å². The fourth-order valence-electron chi connectivity index (χ4n) is 2.96. The van der Waals surface area contributed by atoms with Gasteiger partial charge in [-0.1, -0.05) is 59.8 Å². The van der Waals surface area contributed by atoms with Crippen molar-refractivity contribution in [2.24, 2.45) is 0 Å². The minimum absolute atomic E-state index is 0.0879. The number of aryl methyl sites for hydroxylation is 3. The third-order valence-corrected chi connectivity index (χ3v) is 5.08. The molecule has 2 aromatic carbocycles. The monoisotopic (exact) mass is 409 g/mol. The second-order valence-corrected chi connectivity index (χ2v) is 7.66. The highest BCUT2D eigenvalue weighted by Gasteiger charge is 2.12. The lowest BCUT2D eigenvalue weighted by molar-refractivity contribution is -0.122. The van der Waals surface area contributed by atoms with Crippen LogP contribution in [0.15, 0.2) is 47.6 Å². The molecule has 2 amide bonds. The predicted octanol–water partition coefficient (Wildman–Crippen LogP) is 3.24. The number of thioether (sulfide) groups is 1. The Morgan fingerprint density at radius 1 is 1.03 bits per heavy atom. The summed E-state index contributed by atoms with van der Waals surface area (Å²) < 4.78 is 0. The van der Waals surface area contributed by atoms with Gasteiger partial charge in [-0.15, -0.1) is 5.10 Å². The number of anilines is 1. The molecule has 29 heavy (non-hydrogen) atoms. The summed E-state index contributed by atoms with van der Waals surface area (Å²) >= 11 is 1.21. The molecule has 150 valence electrons. The number of aromatic nitrogens is 3. The average molecular weight is 410 g/mol. The lowest BCUT2D eigenvalue weighted by Gasteiger charge is -2.13. The quantitative estimate of drug-likeness (QED) is 0.520. The number of nitrogens with one attached hydrogen (secondary N) is 3. The minimum Gasteiger partial charge on any atom is -0.346 e. The average Bonchev–Trinajstić information content (AvgIpc) is 3.17. The molecule has 0 unspecified atom stereocenters. The summed E-state index contributed by atoms with van der Waals surface area (Å²) in [5, 5.41) is 12.9. The molecule has 0 bridgehead atoms. The molecule has 7 nitrogen and oxygen atoms in total. The molecule has 0 saturated carbocycles. The van der Waals surface area contributed by atoms with E-state index in [0.29, 0.717) is 11.0 Å². The summed E-state index contributed by atoms with van der Waals surface area (Å²) in [6, 6.07) is 13.6. The van der Waals surface area contributed by atoms with E-state index in [4.69, 9.17) is 0 Å². The SMILES string of the molecule is Cc1cc(C)c(NC(=O)CNC(=O)CSc2n[nH]c(-c3ccccc3)n2)c(C)c1. The molecule has 3 N–H and O–H groups in total. The molecule has 1 heterocycles. The van der Waals surface area contributed by atoms with E-state index in [2.05, 4.69) is 25.8 Å². The van der Waals surface area contributed by atoms with Crippen molar-refractivity contribution >= 4 is 29.3 Å². The third kappa shape index (κ3) is 5.68. The third-order valence-electron chi connectivity index (χ3n) is 4.23. The van der Waals surface area contributed by atoms with Crippen LogP contribution in [0, 0.1) is 20.8 Å². The number of H-pyrrole nitrogens is 1. The highest BCUT2D eigenvalue weighted by molar-refractivity contribution is 7.99. The maximum atomic E-state index is 12.2. The molecular weight excluding hydrogens is 386 g/mol. The molecule has 0 fully saturated rings. The smallest absolute Gasteiger partial charge is 0.243 e. The van der Waals surface area contributed by atoms with Gasteiger partial charge in [0.2, 0.25) is 17.0 Å². The van der Waals surface area contributed by atoms with E-state index in [0.717, 1.165) is 27.9 Å². The van der Waals surface area contributed by atoms with Gasteiger partial charge in [0.1, 0.15) is 0 Å². The number of benzene rings is 2. The zero-order valence-electron chi connectivity index (χ0n) is 16.6. The van der Waals surface area contributed by atoms with Crippen molar-refractivity contribution in [3.63, 3.8) is 0 Å². The Balaban J connectivity index is 1.46. The predicted molar refractivity (Wildman–Crippen MR) is 115 cm³/mol. The van der Waals surface area contributed by atoms with Crippen molar-refractivity contribution in [2.75, 3.05) is 17.6 Å². The number of hydrogen-bond donors (Lipinski definition) is 3. The number of amides is 2. The molecule has 3 rings (SSSR count). The molecule has 3 aromatic rings. The van der Waals surface area contributed by atoms with Crippen LogP contribution in [0.25, 0.3) is 11.4 Å². The molecule has 0 radical (unpaired) electrons. The normalized spacial score (nSPS) is 10.6. The number of aromatic amines is 1. The summed E-state index contributed by atoms with van der Waals surface area (Å²) in [4.78, 5) is 28.6. The number of carbonyl (C=O) groups excluding carboxylic acids is 2. The standard InChI is InChI=1S/C21H23N5O2S/c1-13-9-14(2)19(15(3)10-13)23-17(27)11-22-18(28)12-29-21-24-20(25-26-21)16-7-5-4-6-8-16/h4-10H,11-12H2,1-3H3,(H,22,28)(H,23,27)(H,24,25,26). The van der Waals surface area contributed by atoms with Crippen LogP contribution in [0.2, 0.25) is 0 Å². The van der Waals surface area contributed by atoms with Crippen molar-refractivity contribution in [3.05, 3.63) is 59.2 Å². The summed E-state index contributed by atoms with van der Waals surface area (Å²) in [6.45, 7) is 5.83. The zero-order chi connectivity index (χ0) is 20.8. The second kappa shape index (κ2) is 9.38. The Kier molecular flexibility index (Phi) is 6.66. The Hall–Kier alpha value is -3.13. The van der Waals surface area contributed by atoms with Gasteiger partial charge < -0.3 is 10.6 Å². The number of hydrogen-bond acceptors (Lipinski definition) is 5. The fourth-order valence-corrected chi connectivity index (χ4v) is 3.59. The summed E-state index contributed by atoms with van der Waals surface area (Å²) in [7, 11) is 0. The lowest BCUT2D eigenvalue weighted by atomic mass is 10.1. The first-order valence-corrected chi connectivity index (χ1v) is 10.2. The van der Waals surface area contributed by atoms with E-state index in [1.165, 1.54) is 11.8 Å². The maximum absolute atomic E-state index is 12.2. The molecule has 0 atom stereocenters. The fraction of sp³-hybridized carbons (Fsp3) is 0.238. The largest absolute Gasteiger partial charge is 0.346 e. The van der Waals surface area contributed by atoms with Crippen molar-refractivity contribution in [3.8, 4) is 11.4 Å². The molecule has 0 aliphatic heterocycles. The number of nitrogens with zero attached hydrogens (tertiary/aromatic N) is 2. The van der Waals surface area contributed by atoms with Crippen LogP contribution in [-0.2, 0) is 9.59 Å². The molecule has 1 aromatic heterocycles. The first-order chi connectivity index (χ1) is 13.9. The summed E-state index contributed by atoms with van der Waals surface area (Å²) in [5.41, 5.74) is 4.85. The van der Waals surface area contributed by atoms with Crippen LogP contribution in [0.1, 0.15) is 16.7 Å². The number of carbonyl (C=O) groups is 2. The molecule has 0 saturated heterocycles. The molecule has 0 spiro atoms. The molecule has 0 aliphatic rings. The van der Waals surface area contributed by atoms with E-state index >= 15 is 0 Å². The highest BCUT2D eigenvalue weighted by atomic mass is 32.2. The van der Waals surface area contributed by atoms with Crippen LogP contribution < -0.4 is 10.6 Å². The van der Waals surface area contributed by atoms with Gasteiger partial charge >= 0.3 is 0 Å². The summed E-state index contributed by atoms with van der Waals surface area (Å²) in [5.74, 6) is 0.259. The zero-order valence-corrected chi connectivity index (χ0v) is 17.4. The van der Waals surface area contributed by atoms with Crippen molar-refractivity contribution in [1.29, 1.82) is 0 Å². The Morgan fingerprint density at radius 3 is 2.41 bits per heavy atom. The van der Waals surface area contributed by atoms with Crippen LogP contribution in [-0.4, -0.2) is 39.3 Å². The van der Waals surface area contributed by atoms with Gasteiger partial charge in [-0.25, -0.2) is 4.98 Å². The van der Waals surface area contributed by atoms with Crippen molar-refractivity contribution in [2.45, 2.75) is 25.9 Å². The Morgan fingerprint density at radius 2 is 1.72 bits per heavy atom. The number of rotatable bonds is 7. The summed E-state index contributed by atoms with van der Waals surface area (Å²) in [6.07, 6.45) is 0. The van der Waals surface area contributed by atoms with Gasteiger partial charge in [0.25, 0.3) is 0 Å². The van der Waals surface area contributed by atoms with E-state index < -0.39 is 0 Å². The van der Waals surface area contributed by atoms with Crippen LogP contribution in [0.3, 0.4) is 0 Å². The van der Waals surface area contributed by atoms with Gasteiger partial charge in [0.05, 0.1) is 12.3 Å². The van der Waals surface area contributed by atoms with Gasteiger partial charge in [-0.05, 0) is 31.9 Å². The first kappa shape index (κ1) is 20.6. The minimum atomic E-state index is -0.261. The van der Waals surface area contributed by atoms with Crippen LogP contribution in [0.5, 0.6) is 0 Å². The van der Waals surface area contributed by atoms with Crippen LogP contribution >= 0.6 is 11.8 Å². The van der Waals surface area contributed by atoms with Crippen molar-refractivity contribution < 1.29 is 9.59 Å². The van der Waals surface area contributed by atoms with Gasteiger partial charge in [-0.3, -0.25) is 14.7 Å². The highest BCUT2D eigenvalue weighted by Crippen LogP contribution is 2.22. The lowest BCUT2D eigenvalue weighted by Crippen LogP contribution is -2.34. The van der Waals surface area contributed by atoms with Gasteiger partial charge in [0, 0.05) is 11.3 Å². The molecular formula is C21H23N5O2S. The van der Waals surface area contributed by atoms with Crippen LogP contribution in [0.4, 0.5) is 5.69 Å². The van der Waals surface area contributed by atoms with Crippen molar-refractivity contribution in [1.82, 2.24) is 20.5 Å². The second-order valence-electron chi connectivity index (χ2n) is 6.72. The van der Waals surface area contributed by atoms with E-state index in [9.17, 15) is 9.59 Å². The van der Waals surface area contributed by atoms with E-state index in [1.807, 2.05) is 63.2 Å². The first-order valence-electron chi connectivity index (χ1n) is 9.17.